The Hall–Kier alpha value is -3.40. The quantitative estimate of drug-likeness (QED) is 0.438. The zero-order valence-electron chi connectivity index (χ0n) is 17.8. The molecule has 9 heteroatoms. The summed E-state index contributed by atoms with van der Waals surface area (Å²) in [7, 11) is 0. The molecule has 172 valence electrons. The van der Waals surface area contributed by atoms with E-state index in [4.69, 9.17) is 11.5 Å². The molecule has 1 aliphatic carbocycles. The summed E-state index contributed by atoms with van der Waals surface area (Å²) in [5.41, 5.74) is 12.4. The molecule has 0 bridgehead atoms. The molecule has 8 nitrogen and oxygen atoms in total. The lowest BCUT2D eigenvalue weighted by Gasteiger charge is -2.15. The number of allylic oxidation sites excluding steroid dienone is 2. The van der Waals surface area contributed by atoms with Gasteiger partial charge in [0.15, 0.2) is 6.04 Å². The zero-order chi connectivity index (χ0) is 23.8. The number of nitrogens with two attached hydrogens (primary N) is 2. The van der Waals surface area contributed by atoms with Crippen LogP contribution in [0.4, 0.5) is 0 Å². The smallest absolute Gasteiger partial charge is 0.330 e. The third-order valence-electron chi connectivity index (χ3n) is 5.06. The molecule has 1 aliphatic heterocycles. The van der Waals surface area contributed by atoms with Crippen LogP contribution in [0, 0.1) is 0 Å². The number of thioether (sulfide) groups is 1. The summed E-state index contributed by atoms with van der Waals surface area (Å²) in [6.07, 6.45) is 7.10. The van der Waals surface area contributed by atoms with Crippen LogP contribution >= 0.6 is 11.8 Å². The Morgan fingerprint density at radius 3 is 2.55 bits per heavy atom. The number of aliphatic carboxylic acids is 1. The molecule has 3 atom stereocenters. The monoisotopic (exact) mass is 466 g/mol. The van der Waals surface area contributed by atoms with E-state index >= 15 is 0 Å². The minimum Gasteiger partial charge on any atom is -0.479 e. The number of rotatable bonds is 6. The van der Waals surface area contributed by atoms with E-state index in [-0.39, 0.29) is 11.3 Å². The number of carboxylic acids is 1. The van der Waals surface area contributed by atoms with E-state index in [2.05, 4.69) is 16.7 Å². The molecule has 0 radical (unpaired) electrons. The van der Waals surface area contributed by atoms with Gasteiger partial charge in [-0.1, -0.05) is 72.5 Å². The van der Waals surface area contributed by atoms with Gasteiger partial charge >= 0.3 is 5.97 Å². The predicted octanol–water partition coefficient (Wildman–Crippen LogP) is 2.05. The predicted molar refractivity (Wildman–Crippen MR) is 128 cm³/mol. The standard InChI is InChI=1S/C16H16N2O3.C8H10N2OS/c17-10-11-5-4-8-13(9-11)15(19)18-14(16(20)21)12-6-2-1-3-7-12;9-7(11)8-10-5-3-1-2-4-6(5)12-8/h1-9,14H,10,17H2,(H,18,19)(H,20,21);1-2,4-5,8,10H,3H2,(H2,9,11). The Morgan fingerprint density at radius 1 is 1.15 bits per heavy atom. The fraction of sp³-hybridized carbons (Fsp3) is 0.208. The third kappa shape index (κ3) is 6.55. The first-order valence-corrected chi connectivity index (χ1v) is 11.2. The second-order valence-electron chi connectivity index (χ2n) is 7.41. The summed E-state index contributed by atoms with van der Waals surface area (Å²) in [4.78, 5) is 35.6. The molecule has 1 saturated heterocycles. The van der Waals surface area contributed by atoms with Gasteiger partial charge in [0.05, 0.1) is 0 Å². The van der Waals surface area contributed by atoms with Crippen molar-refractivity contribution in [3.8, 4) is 0 Å². The maximum atomic E-state index is 12.2. The van der Waals surface area contributed by atoms with Crippen LogP contribution in [0.5, 0.6) is 0 Å². The molecule has 2 aliphatic rings. The summed E-state index contributed by atoms with van der Waals surface area (Å²) >= 11 is 1.53. The van der Waals surface area contributed by atoms with E-state index < -0.39 is 17.9 Å². The zero-order valence-corrected chi connectivity index (χ0v) is 18.6. The first-order valence-electron chi connectivity index (χ1n) is 10.4. The van der Waals surface area contributed by atoms with Crippen LogP contribution in [0.2, 0.25) is 0 Å². The van der Waals surface area contributed by atoms with E-state index in [1.54, 1.807) is 48.5 Å². The van der Waals surface area contributed by atoms with Gasteiger partial charge in [-0.15, -0.1) is 0 Å². The van der Waals surface area contributed by atoms with Crippen molar-refractivity contribution in [2.24, 2.45) is 11.5 Å². The maximum absolute atomic E-state index is 12.2. The molecule has 2 aromatic rings. The van der Waals surface area contributed by atoms with Crippen LogP contribution in [0.25, 0.3) is 0 Å². The second-order valence-corrected chi connectivity index (χ2v) is 8.59. The number of benzene rings is 2. The van der Waals surface area contributed by atoms with Crippen molar-refractivity contribution in [3.05, 3.63) is 94.4 Å². The molecule has 0 spiro atoms. The van der Waals surface area contributed by atoms with Gasteiger partial charge in [-0.2, -0.15) is 0 Å². The fourth-order valence-electron chi connectivity index (χ4n) is 3.36. The van der Waals surface area contributed by atoms with Crippen LogP contribution in [0.1, 0.15) is 33.9 Å². The van der Waals surface area contributed by atoms with Crippen LogP contribution in [-0.2, 0) is 16.1 Å². The Bertz CT molecular complexity index is 1070. The minimum absolute atomic E-state index is 0.235. The number of carboxylic acid groups (broad SMARTS) is 1. The van der Waals surface area contributed by atoms with Gasteiger partial charge < -0.3 is 21.9 Å². The summed E-state index contributed by atoms with van der Waals surface area (Å²) in [6, 6.07) is 14.6. The Balaban J connectivity index is 0.000000215. The number of hydrogen-bond acceptors (Lipinski definition) is 6. The van der Waals surface area contributed by atoms with Gasteiger partial charge in [0.2, 0.25) is 5.91 Å². The first-order chi connectivity index (χ1) is 15.9. The number of hydrogen-bond donors (Lipinski definition) is 5. The van der Waals surface area contributed by atoms with Gasteiger partial charge in [0.1, 0.15) is 5.37 Å². The lowest BCUT2D eigenvalue weighted by atomic mass is 10.1. The normalized spacial score (nSPS) is 19.4. The highest BCUT2D eigenvalue weighted by molar-refractivity contribution is 8.04. The number of nitrogens with one attached hydrogen (secondary N) is 2. The van der Waals surface area contributed by atoms with Crippen molar-refractivity contribution in [3.63, 3.8) is 0 Å². The Morgan fingerprint density at radius 2 is 1.91 bits per heavy atom. The van der Waals surface area contributed by atoms with Crippen LogP contribution in [0.3, 0.4) is 0 Å². The van der Waals surface area contributed by atoms with Crippen molar-refractivity contribution >= 4 is 29.5 Å². The number of primary amides is 1. The average molecular weight is 467 g/mol. The molecular weight excluding hydrogens is 440 g/mol. The van der Waals surface area contributed by atoms with Crippen molar-refractivity contribution in [1.29, 1.82) is 0 Å². The Labute approximate surface area is 196 Å². The molecule has 2 amide bonds. The van der Waals surface area contributed by atoms with E-state index in [0.717, 1.165) is 12.0 Å². The van der Waals surface area contributed by atoms with Gasteiger partial charge in [-0.25, -0.2) is 4.79 Å². The molecule has 0 aromatic heterocycles. The number of fused-ring (bicyclic) bond motifs is 1. The van der Waals surface area contributed by atoms with E-state index in [9.17, 15) is 19.5 Å². The van der Waals surface area contributed by atoms with Crippen molar-refractivity contribution in [2.75, 3.05) is 0 Å². The highest BCUT2D eigenvalue weighted by atomic mass is 32.2. The topological polar surface area (TPSA) is 148 Å². The average Bonchev–Trinajstić information content (AvgIpc) is 3.28. The number of carbonyl (C=O) groups excluding carboxylic acids is 2. The summed E-state index contributed by atoms with van der Waals surface area (Å²) < 4.78 is 0. The fourth-order valence-corrected chi connectivity index (χ4v) is 4.47. The highest BCUT2D eigenvalue weighted by Crippen LogP contribution is 2.34. The largest absolute Gasteiger partial charge is 0.479 e. The number of carbonyl (C=O) groups is 3. The first kappa shape index (κ1) is 24.2. The van der Waals surface area contributed by atoms with Crippen molar-refractivity contribution in [1.82, 2.24) is 10.6 Å². The molecule has 0 saturated carbocycles. The molecule has 1 fully saturated rings. The number of amides is 2. The SMILES string of the molecule is NC(=O)C1NC2CC=CC=C2S1.NCc1cccc(C(=O)NC(C(=O)O)c2ccccc2)c1. The molecule has 7 N–H and O–H groups in total. The molecule has 2 aromatic carbocycles. The molecule has 1 heterocycles. The van der Waals surface area contributed by atoms with Gasteiger partial charge in [0.25, 0.3) is 5.91 Å². The molecule has 3 unspecified atom stereocenters. The van der Waals surface area contributed by atoms with Gasteiger partial charge in [0, 0.05) is 23.1 Å². The highest BCUT2D eigenvalue weighted by Gasteiger charge is 2.32. The molecule has 4 rings (SSSR count). The van der Waals surface area contributed by atoms with Crippen molar-refractivity contribution < 1.29 is 19.5 Å². The van der Waals surface area contributed by atoms with Crippen LogP contribution in [-0.4, -0.2) is 34.3 Å². The minimum atomic E-state index is -1.11. The maximum Gasteiger partial charge on any atom is 0.330 e. The van der Waals surface area contributed by atoms with Gasteiger partial charge in [-0.3, -0.25) is 14.9 Å². The van der Waals surface area contributed by atoms with Crippen LogP contribution in [0.15, 0.2) is 77.7 Å². The van der Waals surface area contributed by atoms with Crippen molar-refractivity contribution in [2.45, 2.75) is 30.4 Å². The molecular formula is C24H26N4O4S. The summed E-state index contributed by atoms with van der Waals surface area (Å²) in [5, 5.41) is 14.7. The van der Waals surface area contributed by atoms with E-state index in [1.807, 2.05) is 18.2 Å². The van der Waals surface area contributed by atoms with Crippen LogP contribution < -0.4 is 22.1 Å². The lowest BCUT2D eigenvalue weighted by Crippen LogP contribution is -2.38. The van der Waals surface area contributed by atoms with E-state index in [1.165, 1.54) is 16.7 Å². The van der Waals surface area contributed by atoms with E-state index in [0.29, 0.717) is 23.7 Å². The van der Waals surface area contributed by atoms with Gasteiger partial charge in [-0.05, 0) is 29.7 Å². The summed E-state index contributed by atoms with van der Waals surface area (Å²) in [6.45, 7) is 0.322. The third-order valence-corrected chi connectivity index (χ3v) is 6.35. The molecule has 33 heavy (non-hydrogen) atoms. The second kappa shape index (κ2) is 11.5. The Kier molecular flexibility index (Phi) is 8.42. The lowest BCUT2D eigenvalue weighted by molar-refractivity contribution is -0.139. The summed E-state index contributed by atoms with van der Waals surface area (Å²) in [5.74, 6) is -1.83.